The molecule has 2 rings (SSSR count). The van der Waals surface area contributed by atoms with E-state index in [4.69, 9.17) is 9.47 Å². The van der Waals surface area contributed by atoms with Gasteiger partial charge in [0.25, 0.3) is 5.91 Å². The molecule has 2 aromatic rings. The normalized spacial score (nSPS) is 13.1. The second-order valence-electron chi connectivity index (χ2n) is 7.33. The van der Waals surface area contributed by atoms with Crippen LogP contribution in [0.2, 0.25) is 0 Å². The number of para-hydroxylation sites is 1. The fourth-order valence-electron chi connectivity index (χ4n) is 2.60. The quantitative estimate of drug-likeness (QED) is 0.622. The lowest BCUT2D eigenvalue weighted by atomic mass is 9.98. The second-order valence-corrected chi connectivity index (χ2v) is 7.33. The number of nitrogens with one attached hydrogen (secondary N) is 1. The second kappa shape index (κ2) is 10.0. The number of ether oxygens (including phenoxy) is 2. The van der Waals surface area contributed by atoms with E-state index in [0.29, 0.717) is 18.4 Å². The molecule has 0 aromatic heterocycles. The summed E-state index contributed by atoms with van der Waals surface area (Å²) in [5.74, 6) is 2.25. The third-order valence-corrected chi connectivity index (χ3v) is 4.44. The third kappa shape index (κ3) is 6.31. The smallest absolute Gasteiger partial charge is 0.265 e. The van der Waals surface area contributed by atoms with Crippen molar-refractivity contribution in [1.29, 1.82) is 0 Å². The van der Waals surface area contributed by atoms with E-state index in [9.17, 15) is 4.79 Å². The summed E-state index contributed by atoms with van der Waals surface area (Å²) in [5.41, 5.74) is 1.86. The Morgan fingerprint density at radius 1 is 1.00 bits per heavy atom. The van der Waals surface area contributed by atoms with E-state index in [2.05, 4.69) is 39.1 Å². The fourth-order valence-corrected chi connectivity index (χ4v) is 2.60. The van der Waals surface area contributed by atoms with Crippen LogP contribution in [-0.2, 0) is 4.79 Å². The largest absolute Gasteiger partial charge is 0.493 e. The van der Waals surface area contributed by atoms with Gasteiger partial charge in [-0.2, -0.15) is 0 Å². The van der Waals surface area contributed by atoms with Crippen LogP contribution in [0, 0.1) is 5.92 Å². The van der Waals surface area contributed by atoms with E-state index in [1.165, 1.54) is 0 Å². The molecule has 0 aliphatic heterocycles. The van der Waals surface area contributed by atoms with Crippen LogP contribution >= 0.6 is 0 Å². The number of carbonyl (C=O) groups excluding carboxylic acids is 1. The minimum Gasteiger partial charge on any atom is -0.493 e. The van der Waals surface area contributed by atoms with Crippen LogP contribution in [0.1, 0.15) is 52.5 Å². The first-order valence-corrected chi connectivity index (χ1v) is 9.70. The van der Waals surface area contributed by atoms with Gasteiger partial charge in [-0.1, -0.05) is 45.9 Å². The van der Waals surface area contributed by atoms with Crippen molar-refractivity contribution < 1.29 is 14.3 Å². The number of carbonyl (C=O) groups is 1. The van der Waals surface area contributed by atoms with Crippen LogP contribution in [0.3, 0.4) is 0 Å². The molecule has 1 N–H and O–H groups in total. The monoisotopic (exact) mass is 369 g/mol. The van der Waals surface area contributed by atoms with Crippen molar-refractivity contribution in [2.24, 2.45) is 5.92 Å². The number of rotatable bonds is 9. The van der Waals surface area contributed by atoms with Crippen LogP contribution in [0.5, 0.6) is 11.5 Å². The van der Waals surface area contributed by atoms with Gasteiger partial charge in [0, 0.05) is 5.69 Å². The van der Waals surface area contributed by atoms with Crippen molar-refractivity contribution in [3.05, 3.63) is 54.1 Å². The lowest BCUT2D eigenvalue weighted by Crippen LogP contribution is -2.30. The highest BCUT2D eigenvalue weighted by atomic mass is 16.5. The fraction of sp³-hybridized carbons (Fsp3) is 0.435. The van der Waals surface area contributed by atoms with Gasteiger partial charge in [-0.15, -0.1) is 0 Å². The van der Waals surface area contributed by atoms with Crippen LogP contribution in [0.25, 0.3) is 0 Å². The molecule has 0 saturated heterocycles. The van der Waals surface area contributed by atoms with E-state index in [0.717, 1.165) is 29.2 Å². The first-order valence-electron chi connectivity index (χ1n) is 9.70. The van der Waals surface area contributed by atoms with Gasteiger partial charge in [-0.05, 0) is 61.1 Å². The molecule has 27 heavy (non-hydrogen) atoms. The minimum absolute atomic E-state index is 0.176. The molecular weight excluding hydrogens is 338 g/mol. The Morgan fingerprint density at radius 2 is 1.67 bits per heavy atom. The van der Waals surface area contributed by atoms with Crippen molar-refractivity contribution >= 4 is 11.6 Å². The van der Waals surface area contributed by atoms with Crippen molar-refractivity contribution in [2.75, 3.05) is 11.9 Å². The predicted molar refractivity (Wildman–Crippen MR) is 111 cm³/mol. The van der Waals surface area contributed by atoms with E-state index in [-0.39, 0.29) is 5.91 Å². The molecule has 0 saturated carbocycles. The van der Waals surface area contributed by atoms with Gasteiger partial charge in [0.05, 0.1) is 6.61 Å². The Bertz CT molecular complexity index is 725. The molecule has 2 unspecified atom stereocenters. The highest BCUT2D eigenvalue weighted by Crippen LogP contribution is 2.29. The summed E-state index contributed by atoms with van der Waals surface area (Å²) in [6, 6.07) is 15.3. The summed E-state index contributed by atoms with van der Waals surface area (Å²) in [6.07, 6.45) is 0.429. The maximum Gasteiger partial charge on any atom is 0.265 e. The molecule has 2 atom stereocenters. The van der Waals surface area contributed by atoms with Gasteiger partial charge in [0.15, 0.2) is 6.10 Å². The molecule has 4 heteroatoms. The average molecular weight is 370 g/mol. The Kier molecular flexibility index (Phi) is 7.71. The summed E-state index contributed by atoms with van der Waals surface area (Å²) in [5, 5.41) is 2.90. The first kappa shape index (κ1) is 20.8. The molecular formula is C23H31NO3. The van der Waals surface area contributed by atoms with Gasteiger partial charge in [-0.3, -0.25) is 4.79 Å². The van der Waals surface area contributed by atoms with Crippen molar-refractivity contribution in [3.8, 4) is 11.5 Å². The minimum atomic E-state index is -0.591. The van der Waals surface area contributed by atoms with Crippen LogP contribution in [-0.4, -0.2) is 18.6 Å². The van der Waals surface area contributed by atoms with Crippen LogP contribution < -0.4 is 14.8 Å². The summed E-state index contributed by atoms with van der Waals surface area (Å²) in [6.45, 7) is 11.0. The Hall–Kier alpha value is -2.49. The number of hydrogen-bond acceptors (Lipinski definition) is 3. The van der Waals surface area contributed by atoms with E-state index in [1.807, 2.05) is 42.5 Å². The SMILES string of the molecule is CCC(C)c1ccccc1OC(C)C(=O)Nc1ccc(OCC(C)C)cc1. The molecule has 0 aliphatic carbocycles. The molecule has 0 aliphatic rings. The standard InChI is InChI=1S/C23H31NO3/c1-6-17(4)21-9-7-8-10-22(21)27-18(5)23(25)24-19-11-13-20(14-12-19)26-15-16(2)3/h7-14,16-18H,6,15H2,1-5H3,(H,24,25). The summed E-state index contributed by atoms with van der Waals surface area (Å²) >= 11 is 0. The molecule has 0 heterocycles. The lowest BCUT2D eigenvalue weighted by molar-refractivity contribution is -0.122. The predicted octanol–water partition coefficient (Wildman–Crippen LogP) is 5.64. The highest BCUT2D eigenvalue weighted by molar-refractivity contribution is 5.94. The molecule has 2 aromatic carbocycles. The molecule has 0 bridgehead atoms. The molecule has 4 nitrogen and oxygen atoms in total. The molecule has 0 spiro atoms. The maximum atomic E-state index is 12.5. The molecule has 0 fully saturated rings. The maximum absolute atomic E-state index is 12.5. The Morgan fingerprint density at radius 3 is 2.30 bits per heavy atom. The zero-order valence-electron chi connectivity index (χ0n) is 17.0. The Labute approximate surface area is 162 Å². The Balaban J connectivity index is 1.96. The van der Waals surface area contributed by atoms with Gasteiger partial charge in [-0.25, -0.2) is 0 Å². The summed E-state index contributed by atoms with van der Waals surface area (Å²) in [7, 11) is 0. The third-order valence-electron chi connectivity index (χ3n) is 4.44. The van der Waals surface area contributed by atoms with Crippen molar-refractivity contribution in [2.45, 2.75) is 53.1 Å². The zero-order chi connectivity index (χ0) is 19.8. The summed E-state index contributed by atoms with van der Waals surface area (Å²) < 4.78 is 11.6. The lowest BCUT2D eigenvalue weighted by Gasteiger charge is -2.19. The first-order chi connectivity index (χ1) is 12.9. The highest BCUT2D eigenvalue weighted by Gasteiger charge is 2.18. The zero-order valence-corrected chi connectivity index (χ0v) is 17.0. The number of amides is 1. The van der Waals surface area contributed by atoms with Gasteiger partial charge in [0.1, 0.15) is 11.5 Å². The van der Waals surface area contributed by atoms with Crippen LogP contribution in [0.15, 0.2) is 48.5 Å². The van der Waals surface area contributed by atoms with Crippen LogP contribution in [0.4, 0.5) is 5.69 Å². The van der Waals surface area contributed by atoms with Crippen molar-refractivity contribution in [1.82, 2.24) is 0 Å². The topological polar surface area (TPSA) is 47.6 Å². The number of benzene rings is 2. The number of hydrogen-bond donors (Lipinski definition) is 1. The van der Waals surface area contributed by atoms with Gasteiger partial charge in [0.2, 0.25) is 0 Å². The number of anilines is 1. The van der Waals surface area contributed by atoms with Crippen molar-refractivity contribution in [3.63, 3.8) is 0 Å². The molecule has 1 amide bonds. The van der Waals surface area contributed by atoms with Gasteiger partial charge < -0.3 is 14.8 Å². The van der Waals surface area contributed by atoms with E-state index < -0.39 is 6.10 Å². The van der Waals surface area contributed by atoms with Gasteiger partial charge >= 0.3 is 0 Å². The molecule has 146 valence electrons. The van der Waals surface area contributed by atoms with E-state index in [1.54, 1.807) is 6.92 Å². The average Bonchev–Trinajstić information content (AvgIpc) is 2.67. The summed E-state index contributed by atoms with van der Waals surface area (Å²) in [4.78, 5) is 12.5. The molecule has 0 radical (unpaired) electrons. The van der Waals surface area contributed by atoms with E-state index >= 15 is 0 Å².